The molecule has 0 saturated carbocycles. The van der Waals surface area contributed by atoms with Crippen molar-refractivity contribution in [3.05, 3.63) is 138 Å². The number of thioether (sulfide) groups is 1. The van der Waals surface area contributed by atoms with Gasteiger partial charge in [-0.05, 0) is 66.5 Å². The summed E-state index contributed by atoms with van der Waals surface area (Å²) in [6.45, 7) is 2.69. The van der Waals surface area contributed by atoms with E-state index in [9.17, 15) is 38.7 Å². The predicted octanol–water partition coefficient (Wildman–Crippen LogP) is 4.52. The quantitative estimate of drug-likeness (QED) is 0.0627. The Morgan fingerprint density at radius 1 is 0.565 bits per heavy atom. The Morgan fingerprint density at radius 2 is 1.06 bits per heavy atom. The van der Waals surface area contributed by atoms with Gasteiger partial charge in [0.05, 0.1) is 0 Å². The molecule has 7 N–H and O–H groups in total. The molecule has 62 heavy (non-hydrogen) atoms. The first kappa shape index (κ1) is 46.3. The number of carbonyl (C=O) groups is 7. The van der Waals surface area contributed by atoms with E-state index in [0.29, 0.717) is 23.2 Å². The first-order valence-corrected chi connectivity index (χ1v) is 21.4. The molecule has 0 fully saturated rings. The monoisotopic (exact) mass is 860 g/mol. The van der Waals surface area contributed by atoms with Crippen LogP contribution >= 0.6 is 11.8 Å². The van der Waals surface area contributed by atoms with E-state index in [-0.39, 0.29) is 43.3 Å². The van der Waals surface area contributed by atoms with Crippen molar-refractivity contribution in [3.8, 4) is 11.1 Å². The average molecular weight is 861 g/mol. The summed E-state index contributed by atoms with van der Waals surface area (Å²) in [6.07, 6.45) is 2.62. The second kappa shape index (κ2) is 23.3. The minimum absolute atomic E-state index is 0.0122. The third-order valence-electron chi connectivity index (χ3n) is 10.1. The number of hydrogen-bond acceptors (Lipinski definition) is 8. The molecule has 0 aromatic heterocycles. The molecule has 0 radical (unpaired) electrons. The number of carboxylic acid groups (broad SMARTS) is 1. The third-order valence-corrected chi connectivity index (χ3v) is 11.2. The molecule has 0 saturated heterocycles. The number of para-hydroxylation sites is 1. The number of carbonyl (C=O) groups excluding carboxylic acids is 6. The van der Waals surface area contributed by atoms with Crippen LogP contribution in [0.4, 0.5) is 5.69 Å². The van der Waals surface area contributed by atoms with Crippen molar-refractivity contribution in [1.82, 2.24) is 26.6 Å². The van der Waals surface area contributed by atoms with Gasteiger partial charge >= 0.3 is 5.97 Å². The fraction of sp³-hybridized carbons (Fsp3) is 0.298. The van der Waals surface area contributed by atoms with Crippen LogP contribution in [0, 0.1) is 0 Å². The zero-order valence-corrected chi connectivity index (χ0v) is 35.4. The number of rotatable bonds is 21. The number of carboxylic acids is 1. The Labute approximate surface area is 365 Å². The van der Waals surface area contributed by atoms with Crippen molar-refractivity contribution >= 4 is 58.9 Å². The maximum absolute atomic E-state index is 14.4. The lowest BCUT2D eigenvalue weighted by Crippen LogP contribution is -2.59. The zero-order chi connectivity index (χ0) is 44.4. The summed E-state index contributed by atoms with van der Waals surface area (Å²) in [5.74, 6) is -4.89. The molecule has 324 valence electrons. The molecule has 4 aromatic rings. The smallest absolute Gasteiger partial charge is 0.325 e. The number of aliphatic carboxylic acids is 1. The molecule has 4 aromatic carbocycles. The predicted molar refractivity (Wildman–Crippen MR) is 238 cm³/mol. The van der Waals surface area contributed by atoms with Crippen LogP contribution in [0.1, 0.15) is 50.7 Å². The molecule has 14 nitrogen and oxygen atoms in total. The number of amides is 6. The Hall–Kier alpha value is -6.74. The molecule has 6 amide bonds. The van der Waals surface area contributed by atoms with Crippen LogP contribution in [0.5, 0.6) is 0 Å². The Morgan fingerprint density at radius 3 is 1.65 bits per heavy atom. The normalized spacial score (nSPS) is 15.4. The van der Waals surface area contributed by atoms with E-state index in [1.165, 1.54) is 25.6 Å². The Bertz CT molecular complexity index is 2180. The zero-order valence-electron chi connectivity index (χ0n) is 34.5. The molecule has 1 aliphatic heterocycles. The summed E-state index contributed by atoms with van der Waals surface area (Å²) >= 11 is 1.53. The number of hydrogen-bond donors (Lipinski definition) is 7. The highest BCUT2D eigenvalue weighted by Gasteiger charge is 2.33. The Balaban J connectivity index is 1.36. The highest BCUT2D eigenvalue weighted by molar-refractivity contribution is 8.03. The van der Waals surface area contributed by atoms with E-state index in [1.807, 2.05) is 72.1 Å². The second-order valence-electron chi connectivity index (χ2n) is 15.0. The van der Waals surface area contributed by atoms with Gasteiger partial charge in [-0.2, -0.15) is 0 Å². The van der Waals surface area contributed by atoms with Gasteiger partial charge in [-0.1, -0.05) is 109 Å². The van der Waals surface area contributed by atoms with Crippen LogP contribution in [-0.4, -0.2) is 82.0 Å². The molecule has 0 bridgehead atoms. The third kappa shape index (κ3) is 14.8. The van der Waals surface area contributed by atoms with Crippen LogP contribution in [0.15, 0.2) is 127 Å². The van der Waals surface area contributed by atoms with Crippen molar-refractivity contribution < 1.29 is 38.7 Å². The summed E-state index contributed by atoms with van der Waals surface area (Å²) in [4.78, 5) is 92.6. The SMILES string of the molecule is C[C@H](NC(=O)[C@@H](Cc1ccccc1)NC(=O)[C@H](Cc1ccc(-c2ccccc2)cc1)NC(=O)[C@@H](CC1CC=CS1)NC(=O)CCC(=O)Nc1ccccc1)C(=O)N[C@H](C)C(=O)O. The first-order chi connectivity index (χ1) is 29.8. The molecular weight excluding hydrogens is 809 g/mol. The van der Waals surface area contributed by atoms with E-state index in [2.05, 4.69) is 31.9 Å². The van der Waals surface area contributed by atoms with E-state index in [1.54, 1.807) is 54.6 Å². The molecule has 5 rings (SSSR count). The Kier molecular flexibility index (Phi) is 17.4. The van der Waals surface area contributed by atoms with Crippen LogP contribution in [0.3, 0.4) is 0 Å². The van der Waals surface area contributed by atoms with Gasteiger partial charge in [0.2, 0.25) is 35.4 Å². The fourth-order valence-electron chi connectivity index (χ4n) is 6.61. The van der Waals surface area contributed by atoms with Gasteiger partial charge in [0.25, 0.3) is 0 Å². The van der Waals surface area contributed by atoms with Crippen molar-refractivity contribution in [2.45, 2.75) is 87.8 Å². The van der Waals surface area contributed by atoms with Gasteiger partial charge < -0.3 is 37.0 Å². The van der Waals surface area contributed by atoms with Crippen molar-refractivity contribution in [1.29, 1.82) is 0 Å². The van der Waals surface area contributed by atoms with Crippen molar-refractivity contribution in [2.75, 3.05) is 5.32 Å². The maximum Gasteiger partial charge on any atom is 0.325 e. The van der Waals surface area contributed by atoms with Gasteiger partial charge in [-0.3, -0.25) is 33.6 Å². The molecule has 15 heteroatoms. The topological polar surface area (TPSA) is 212 Å². The van der Waals surface area contributed by atoms with E-state index >= 15 is 0 Å². The molecule has 0 aliphatic carbocycles. The minimum atomic E-state index is -1.25. The molecule has 1 aliphatic rings. The van der Waals surface area contributed by atoms with Gasteiger partial charge in [0.1, 0.15) is 30.2 Å². The number of benzene rings is 4. The second-order valence-corrected chi connectivity index (χ2v) is 16.2. The van der Waals surface area contributed by atoms with Crippen LogP contribution in [0.2, 0.25) is 0 Å². The molecule has 0 spiro atoms. The minimum Gasteiger partial charge on any atom is -0.480 e. The summed E-state index contributed by atoms with van der Waals surface area (Å²) in [5, 5.41) is 27.3. The number of anilines is 1. The highest BCUT2D eigenvalue weighted by Crippen LogP contribution is 2.28. The van der Waals surface area contributed by atoms with E-state index < -0.39 is 65.7 Å². The van der Waals surface area contributed by atoms with Gasteiger partial charge in [0, 0.05) is 36.6 Å². The fourth-order valence-corrected chi connectivity index (χ4v) is 7.58. The highest BCUT2D eigenvalue weighted by atomic mass is 32.2. The maximum atomic E-state index is 14.4. The van der Waals surface area contributed by atoms with E-state index in [0.717, 1.165) is 11.1 Å². The summed E-state index contributed by atoms with van der Waals surface area (Å²) in [5.41, 5.74) is 3.93. The summed E-state index contributed by atoms with van der Waals surface area (Å²) < 4.78 is 0. The lowest BCUT2D eigenvalue weighted by molar-refractivity contribution is -0.141. The molecule has 1 unspecified atom stereocenters. The van der Waals surface area contributed by atoms with Crippen LogP contribution in [0.25, 0.3) is 11.1 Å². The van der Waals surface area contributed by atoms with Gasteiger partial charge in [-0.15, -0.1) is 11.8 Å². The lowest BCUT2D eigenvalue weighted by atomic mass is 9.99. The van der Waals surface area contributed by atoms with Crippen molar-refractivity contribution in [2.24, 2.45) is 0 Å². The molecule has 1 heterocycles. The summed E-state index contributed by atoms with van der Waals surface area (Å²) in [7, 11) is 0. The molecule has 6 atom stereocenters. The lowest BCUT2D eigenvalue weighted by Gasteiger charge is -2.27. The first-order valence-electron chi connectivity index (χ1n) is 20.4. The van der Waals surface area contributed by atoms with Gasteiger partial charge in [-0.25, -0.2) is 0 Å². The standard InChI is InChI=1S/C47H52N6O8S/c1-30(43(56)49-31(2)47(60)61)48-44(57)38(27-32-13-6-3-7-14-32)52-45(58)39(28-33-20-22-35(23-21-33)34-15-8-4-9-16-34)53-46(59)40(29-37-19-12-26-62-37)51-42(55)25-24-41(54)50-36-17-10-5-11-18-36/h3-18,20-23,26,30-31,37-40H,19,24-25,27-29H2,1-2H3,(H,48,57)(H,49,56)(H,50,54)(H,51,55)(H,52,58)(H,53,59)(H,60,61)/t30-,31+,37?,38+,39-,40+/m0/s1. The summed E-state index contributed by atoms with van der Waals surface area (Å²) in [6, 6.07) is 29.1. The van der Waals surface area contributed by atoms with Gasteiger partial charge in [0.15, 0.2) is 0 Å². The number of nitrogens with one attached hydrogen (secondary N) is 6. The average Bonchev–Trinajstić information content (AvgIpc) is 3.79. The van der Waals surface area contributed by atoms with Crippen molar-refractivity contribution in [3.63, 3.8) is 0 Å². The van der Waals surface area contributed by atoms with Crippen LogP contribution < -0.4 is 31.9 Å². The largest absolute Gasteiger partial charge is 0.480 e. The molecular formula is C47H52N6O8S. The number of allylic oxidation sites excluding steroid dienone is 1. The van der Waals surface area contributed by atoms with E-state index in [4.69, 9.17) is 0 Å². The van der Waals surface area contributed by atoms with Crippen LogP contribution in [-0.2, 0) is 46.4 Å².